The van der Waals surface area contributed by atoms with Crippen molar-refractivity contribution >= 4 is 38.3 Å². The Balaban J connectivity index is 1.62. The Bertz CT molecular complexity index is 1410. The maximum Gasteiger partial charge on any atom is 0.341 e. The number of nitrogens with zero attached hydrogens (tertiary/aromatic N) is 3. The minimum absolute atomic E-state index is 0.00534. The van der Waals surface area contributed by atoms with Gasteiger partial charge in [0.05, 0.1) is 16.1 Å². The second-order valence-corrected chi connectivity index (χ2v) is 9.89. The summed E-state index contributed by atoms with van der Waals surface area (Å²) in [7, 11) is -1.93. The van der Waals surface area contributed by atoms with E-state index < -0.39 is 32.8 Å². The van der Waals surface area contributed by atoms with Gasteiger partial charge in [-0.2, -0.15) is 4.31 Å². The number of hydrogen-bond acceptors (Lipinski definition) is 6. The van der Waals surface area contributed by atoms with Gasteiger partial charge in [0.1, 0.15) is 11.4 Å². The number of aromatic carboxylic acids is 1. The smallest absolute Gasteiger partial charge is 0.341 e. The minimum Gasteiger partial charge on any atom is -0.477 e. The number of halogens is 1. The van der Waals surface area contributed by atoms with Gasteiger partial charge in [-0.1, -0.05) is 0 Å². The summed E-state index contributed by atoms with van der Waals surface area (Å²) < 4.78 is 44.0. The van der Waals surface area contributed by atoms with Crippen molar-refractivity contribution in [2.24, 2.45) is 0 Å². The number of sulfonamides is 1. The maximum atomic E-state index is 15.0. The lowest BCUT2D eigenvalue weighted by Crippen LogP contribution is -2.48. The van der Waals surface area contributed by atoms with Crippen molar-refractivity contribution in [2.75, 3.05) is 43.4 Å². The fourth-order valence-corrected chi connectivity index (χ4v) is 5.59. The Hall–Kier alpha value is -3.44. The van der Waals surface area contributed by atoms with Crippen LogP contribution in [0, 0.1) is 5.82 Å². The number of nitrogens with one attached hydrogen (secondary N) is 1. The zero-order chi connectivity index (χ0) is 24.6. The molecule has 34 heavy (non-hydrogen) atoms. The normalized spacial score (nSPS) is 15.0. The van der Waals surface area contributed by atoms with Crippen LogP contribution >= 0.6 is 0 Å². The Morgan fingerprint density at radius 1 is 1.12 bits per heavy atom. The van der Waals surface area contributed by atoms with E-state index in [4.69, 9.17) is 0 Å². The van der Waals surface area contributed by atoms with Gasteiger partial charge in [0.2, 0.25) is 15.5 Å². The van der Waals surface area contributed by atoms with Crippen LogP contribution < -0.4 is 15.6 Å². The van der Waals surface area contributed by atoms with Crippen LogP contribution in [0.3, 0.4) is 0 Å². The summed E-state index contributed by atoms with van der Waals surface area (Å²) in [5.74, 6) is -2.02. The molecule has 2 N–H and O–H groups in total. The van der Waals surface area contributed by atoms with Crippen LogP contribution in [-0.4, -0.2) is 61.6 Å². The number of carbonyl (C=O) groups is 1. The van der Waals surface area contributed by atoms with Crippen LogP contribution in [0.5, 0.6) is 0 Å². The van der Waals surface area contributed by atoms with Crippen molar-refractivity contribution in [3.8, 4) is 0 Å². The molecule has 180 valence electrons. The molecule has 11 heteroatoms. The average molecular weight is 489 g/mol. The van der Waals surface area contributed by atoms with E-state index in [-0.39, 0.29) is 42.1 Å². The summed E-state index contributed by atoms with van der Waals surface area (Å²) in [6, 6.07) is 9.07. The first kappa shape index (κ1) is 23.7. The molecule has 1 fully saturated rings. The molecular formula is C23H25FN4O5S. The van der Waals surface area contributed by atoms with Crippen molar-refractivity contribution in [1.82, 2.24) is 8.87 Å². The molecular weight excluding hydrogens is 463 g/mol. The number of piperazine rings is 1. The van der Waals surface area contributed by atoms with E-state index in [0.717, 1.165) is 11.8 Å². The zero-order valence-electron chi connectivity index (χ0n) is 18.8. The van der Waals surface area contributed by atoms with Gasteiger partial charge in [-0.15, -0.1) is 0 Å². The maximum absolute atomic E-state index is 15.0. The molecule has 0 amide bonds. The largest absolute Gasteiger partial charge is 0.477 e. The lowest BCUT2D eigenvalue weighted by Gasteiger charge is -2.35. The Morgan fingerprint density at radius 3 is 2.32 bits per heavy atom. The number of aryl methyl sites for hydroxylation is 1. The van der Waals surface area contributed by atoms with Gasteiger partial charge in [0.25, 0.3) is 0 Å². The van der Waals surface area contributed by atoms with E-state index in [9.17, 15) is 23.1 Å². The summed E-state index contributed by atoms with van der Waals surface area (Å²) in [5, 5.41) is 12.2. The van der Waals surface area contributed by atoms with E-state index in [1.165, 1.54) is 16.6 Å². The summed E-state index contributed by atoms with van der Waals surface area (Å²) in [5.41, 5.74) is 0.318. The number of carboxylic acids is 1. The predicted molar refractivity (Wildman–Crippen MR) is 128 cm³/mol. The Morgan fingerprint density at radius 2 is 1.76 bits per heavy atom. The molecule has 0 saturated carbocycles. The summed E-state index contributed by atoms with van der Waals surface area (Å²) in [6.07, 6.45) is 1.26. The monoisotopic (exact) mass is 488 g/mol. The molecule has 2 heterocycles. The number of benzene rings is 2. The number of aromatic nitrogens is 1. The van der Waals surface area contributed by atoms with Gasteiger partial charge in [0.15, 0.2) is 0 Å². The molecule has 9 nitrogen and oxygen atoms in total. The molecule has 0 atom stereocenters. The van der Waals surface area contributed by atoms with Crippen molar-refractivity contribution < 1.29 is 22.7 Å². The van der Waals surface area contributed by atoms with Gasteiger partial charge in [0, 0.05) is 57.0 Å². The number of rotatable bonds is 6. The van der Waals surface area contributed by atoms with E-state index in [1.807, 2.05) is 0 Å². The van der Waals surface area contributed by atoms with E-state index in [2.05, 4.69) is 5.32 Å². The van der Waals surface area contributed by atoms with E-state index in [0.29, 0.717) is 12.1 Å². The fraction of sp³-hybridized carbons (Fsp3) is 0.304. The van der Waals surface area contributed by atoms with Crippen molar-refractivity contribution in [3.63, 3.8) is 0 Å². The van der Waals surface area contributed by atoms with Crippen LogP contribution in [0.4, 0.5) is 15.8 Å². The molecule has 2 aromatic carbocycles. The molecule has 1 saturated heterocycles. The van der Waals surface area contributed by atoms with Crippen molar-refractivity contribution in [1.29, 1.82) is 0 Å². The third-order valence-electron chi connectivity index (χ3n) is 6.08. The van der Waals surface area contributed by atoms with Gasteiger partial charge in [-0.3, -0.25) is 4.79 Å². The second kappa shape index (κ2) is 9.07. The highest BCUT2D eigenvalue weighted by molar-refractivity contribution is 7.89. The van der Waals surface area contributed by atoms with Gasteiger partial charge in [-0.25, -0.2) is 17.6 Å². The first-order chi connectivity index (χ1) is 16.2. The van der Waals surface area contributed by atoms with Crippen LogP contribution in [0.2, 0.25) is 0 Å². The van der Waals surface area contributed by atoms with Crippen LogP contribution in [0.1, 0.15) is 17.3 Å². The van der Waals surface area contributed by atoms with Gasteiger partial charge < -0.3 is 19.9 Å². The standard InChI is InChI=1S/C23H25FN4O5S/c1-3-26-14-18(23(30)31)22(29)17-12-19(24)21(13-20(17)26)27-8-10-28(11-9-27)34(32,33)16-6-4-15(25-2)5-7-16/h4-7,12-14,25H,3,8-11H2,1-2H3,(H,30,31). The Kier molecular flexibility index (Phi) is 6.32. The molecule has 3 aromatic rings. The zero-order valence-corrected chi connectivity index (χ0v) is 19.6. The number of carboxylic acid groups (broad SMARTS) is 1. The molecule has 0 radical (unpaired) electrons. The average Bonchev–Trinajstić information content (AvgIpc) is 2.84. The number of hydrogen-bond donors (Lipinski definition) is 2. The van der Waals surface area contributed by atoms with Crippen LogP contribution in [0.25, 0.3) is 10.9 Å². The number of pyridine rings is 1. The molecule has 0 bridgehead atoms. The van der Waals surface area contributed by atoms with Crippen LogP contribution in [-0.2, 0) is 16.6 Å². The highest BCUT2D eigenvalue weighted by Crippen LogP contribution is 2.28. The van der Waals surface area contributed by atoms with E-state index in [1.54, 1.807) is 47.7 Å². The summed E-state index contributed by atoms with van der Waals surface area (Å²) in [4.78, 5) is 25.9. The second-order valence-electron chi connectivity index (χ2n) is 7.95. The molecule has 0 unspecified atom stereocenters. The third-order valence-corrected chi connectivity index (χ3v) is 7.99. The molecule has 4 rings (SSSR count). The molecule has 1 aromatic heterocycles. The summed E-state index contributed by atoms with van der Waals surface area (Å²) in [6.45, 7) is 3.06. The molecule has 1 aliphatic rings. The topological polar surface area (TPSA) is 112 Å². The third kappa shape index (κ3) is 4.12. The van der Waals surface area contributed by atoms with Crippen molar-refractivity contribution in [3.05, 3.63) is 64.2 Å². The highest BCUT2D eigenvalue weighted by Gasteiger charge is 2.30. The molecule has 0 spiro atoms. The summed E-state index contributed by atoms with van der Waals surface area (Å²) >= 11 is 0. The highest BCUT2D eigenvalue weighted by atomic mass is 32.2. The predicted octanol–water partition coefficient (Wildman–Crippen LogP) is 2.41. The molecule has 0 aliphatic carbocycles. The fourth-order valence-electron chi connectivity index (χ4n) is 4.17. The van der Waals surface area contributed by atoms with Gasteiger partial charge in [-0.05, 0) is 43.3 Å². The molecule has 1 aliphatic heterocycles. The van der Waals surface area contributed by atoms with Crippen molar-refractivity contribution in [2.45, 2.75) is 18.4 Å². The number of fused-ring (bicyclic) bond motifs is 1. The van der Waals surface area contributed by atoms with Crippen LogP contribution in [0.15, 0.2) is 52.3 Å². The van der Waals surface area contributed by atoms with E-state index >= 15 is 4.39 Å². The quantitative estimate of drug-likeness (QED) is 0.548. The SMILES string of the molecule is CCn1cc(C(=O)O)c(=O)c2cc(F)c(N3CCN(S(=O)(=O)c4ccc(NC)cc4)CC3)cc21. The van der Waals surface area contributed by atoms with Gasteiger partial charge >= 0.3 is 5.97 Å². The number of anilines is 2. The lowest BCUT2D eigenvalue weighted by molar-refractivity contribution is 0.0695. The Labute approximate surface area is 196 Å². The first-order valence-electron chi connectivity index (χ1n) is 10.8. The lowest BCUT2D eigenvalue weighted by atomic mass is 10.1. The minimum atomic E-state index is -3.68. The first-order valence-corrected chi connectivity index (χ1v) is 12.2.